The topological polar surface area (TPSA) is 44.4 Å². The van der Waals surface area contributed by atoms with E-state index in [1.807, 2.05) is 50.2 Å². The van der Waals surface area contributed by atoms with Crippen molar-refractivity contribution in [2.75, 3.05) is 28.6 Å². The van der Waals surface area contributed by atoms with Crippen molar-refractivity contribution in [1.82, 2.24) is 0 Å². The standard InChI is InChI=1S/C19H25N3O.ClH/c1-5-22(6-2)17-11-12-18(15(4)13-17)21-19(23)20-16-9-7-14(3)8-10-16;/h7-13H,5-6H2,1-4H3,(H2,20,21,23);1H/p-1. The summed E-state index contributed by atoms with van der Waals surface area (Å²) in [5, 5.41) is 5.75. The fourth-order valence-electron chi connectivity index (χ4n) is 2.50. The number of benzene rings is 2. The molecule has 5 heteroatoms. The molecule has 24 heavy (non-hydrogen) atoms. The number of anilines is 3. The van der Waals surface area contributed by atoms with Crippen molar-refractivity contribution < 1.29 is 17.2 Å². The molecule has 0 aliphatic carbocycles. The number of amides is 2. The molecule has 0 fully saturated rings. The number of aryl methyl sites for hydroxylation is 2. The third-order valence-corrected chi connectivity index (χ3v) is 3.90. The number of carbonyl (C=O) groups excluding carboxylic acids is 1. The van der Waals surface area contributed by atoms with Gasteiger partial charge in [0.05, 0.1) is 0 Å². The average molecular weight is 347 g/mol. The molecule has 2 aromatic rings. The van der Waals surface area contributed by atoms with Crippen LogP contribution in [0.4, 0.5) is 21.9 Å². The van der Waals surface area contributed by atoms with E-state index in [9.17, 15) is 4.79 Å². The van der Waals surface area contributed by atoms with Crippen molar-refractivity contribution >= 4 is 23.1 Å². The Labute approximate surface area is 150 Å². The maximum absolute atomic E-state index is 12.1. The highest BCUT2D eigenvalue weighted by molar-refractivity contribution is 6.00. The summed E-state index contributed by atoms with van der Waals surface area (Å²) in [6.45, 7) is 10.2. The number of carbonyl (C=O) groups is 1. The number of nitrogens with zero attached hydrogens (tertiary/aromatic N) is 1. The highest BCUT2D eigenvalue weighted by Crippen LogP contribution is 2.23. The summed E-state index contributed by atoms with van der Waals surface area (Å²) in [5.74, 6) is 0. The molecule has 130 valence electrons. The molecule has 2 N–H and O–H groups in total. The van der Waals surface area contributed by atoms with Crippen LogP contribution in [-0.2, 0) is 0 Å². The van der Waals surface area contributed by atoms with Gasteiger partial charge in [-0.05, 0) is 63.6 Å². The van der Waals surface area contributed by atoms with E-state index in [2.05, 4.69) is 35.4 Å². The van der Waals surface area contributed by atoms with Crippen LogP contribution >= 0.6 is 0 Å². The first kappa shape index (κ1) is 19.8. The predicted octanol–water partition coefficient (Wildman–Crippen LogP) is 1.80. The van der Waals surface area contributed by atoms with Gasteiger partial charge in [0.15, 0.2) is 0 Å². The zero-order valence-electron chi connectivity index (χ0n) is 14.7. The minimum absolute atomic E-state index is 0. The van der Waals surface area contributed by atoms with Gasteiger partial charge in [0.1, 0.15) is 0 Å². The first-order chi connectivity index (χ1) is 11.0. The second-order valence-corrected chi connectivity index (χ2v) is 5.62. The van der Waals surface area contributed by atoms with E-state index in [0.717, 1.165) is 30.0 Å². The van der Waals surface area contributed by atoms with Crippen LogP contribution in [0.5, 0.6) is 0 Å². The predicted molar refractivity (Wildman–Crippen MR) is 98.6 cm³/mol. The van der Waals surface area contributed by atoms with Crippen LogP contribution in [0.3, 0.4) is 0 Å². The van der Waals surface area contributed by atoms with E-state index in [1.165, 1.54) is 11.3 Å². The Bertz CT molecular complexity index is 667. The Kier molecular flexibility index (Phi) is 7.59. The van der Waals surface area contributed by atoms with E-state index in [0.29, 0.717) is 0 Å². The number of nitrogens with one attached hydrogen (secondary N) is 2. The SMILES string of the molecule is CCN(CC)c1ccc(NC(=O)Nc2ccc(C)cc2)c(C)c1.[Cl-]. The third-order valence-electron chi connectivity index (χ3n) is 3.90. The van der Waals surface area contributed by atoms with Gasteiger partial charge in [-0.3, -0.25) is 0 Å². The zero-order valence-corrected chi connectivity index (χ0v) is 15.4. The molecule has 0 aliphatic heterocycles. The van der Waals surface area contributed by atoms with Crippen LogP contribution in [0.15, 0.2) is 42.5 Å². The van der Waals surface area contributed by atoms with Crippen molar-refractivity contribution in [3.8, 4) is 0 Å². The molecule has 0 spiro atoms. The molecule has 0 atom stereocenters. The van der Waals surface area contributed by atoms with Gasteiger partial charge in [0, 0.05) is 30.2 Å². The largest absolute Gasteiger partial charge is 1.00 e. The fraction of sp³-hybridized carbons (Fsp3) is 0.316. The summed E-state index contributed by atoms with van der Waals surface area (Å²) < 4.78 is 0. The molecule has 0 radical (unpaired) electrons. The van der Waals surface area contributed by atoms with Gasteiger partial charge in [-0.2, -0.15) is 0 Å². The van der Waals surface area contributed by atoms with Crippen LogP contribution in [0.2, 0.25) is 0 Å². The molecule has 0 aromatic heterocycles. The summed E-state index contributed by atoms with van der Waals surface area (Å²) in [4.78, 5) is 14.4. The molecule has 0 aliphatic rings. The van der Waals surface area contributed by atoms with Crippen LogP contribution in [0.1, 0.15) is 25.0 Å². The Balaban J connectivity index is 0.00000288. The average Bonchev–Trinajstić information content (AvgIpc) is 2.53. The molecule has 4 nitrogen and oxygen atoms in total. The summed E-state index contributed by atoms with van der Waals surface area (Å²) in [6.07, 6.45) is 0. The normalized spacial score (nSPS) is 9.83. The lowest BCUT2D eigenvalue weighted by molar-refractivity contribution is -0.00000779. The molecule has 0 saturated heterocycles. The Hall–Kier alpha value is -2.20. The quantitative estimate of drug-likeness (QED) is 0.867. The summed E-state index contributed by atoms with van der Waals surface area (Å²) in [6, 6.07) is 13.6. The van der Waals surface area contributed by atoms with Gasteiger partial charge >= 0.3 is 6.03 Å². The Morgan fingerprint density at radius 1 is 0.958 bits per heavy atom. The van der Waals surface area contributed by atoms with Crippen molar-refractivity contribution in [2.24, 2.45) is 0 Å². The Morgan fingerprint density at radius 2 is 1.58 bits per heavy atom. The maximum atomic E-state index is 12.1. The van der Waals surface area contributed by atoms with Crippen LogP contribution in [0.25, 0.3) is 0 Å². The summed E-state index contributed by atoms with van der Waals surface area (Å²) in [7, 11) is 0. The van der Waals surface area contributed by atoms with Gasteiger partial charge < -0.3 is 27.9 Å². The van der Waals surface area contributed by atoms with Gasteiger partial charge in [-0.25, -0.2) is 4.79 Å². The van der Waals surface area contributed by atoms with E-state index in [-0.39, 0.29) is 18.4 Å². The second kappa shape index (κ2) is 9.18. The molecular weight excluding hydrogens is 322 g/mol. The molecule has 2 aromatic carbocycles. The lowest BCUT2D eigenvalue weighted by atomic mass is 10.1. The highest BCUT2D eigenvalue weighted by Gasteiger charge is 2.08. The summed E-state index contributed by atoms with van der Waals surface area (Å²) in [5.41, 5.74) is 5.00. The van der Waals surface area contributed by atoms with E-state index < -0.39 is 0 Å². The number of halogens is 1. The number of urea groups is 1. The lowest BCUT2D eigenvalue weighted by Gasteiger charge is -2.22. The zero-order chi connectivity index (χ0) is 16.8. The number of rotatable bonds is 5. The minimum Gasteiger partial charge on any atom is -1.00 e. The second-order valence-electron chi connectivity index (χ2n) is 5.62. The molecule has 0 bridgehead atoms. The Morgan fingerprint density at radius 3 is 2.12 bits per heavy atom. The van der Waals surface area contributed by atoms with Crippen molar-refractivity contribution in [1.29, 1.82) is 0 Å². The molecule has 2 amide bonds. The smallest absolute Gasteiger partial charge is 0.323 e. The minimum atomic E-state index is -0.229. The van der Waals surface area contributed by atoms with E-state index >= 15 is 0 Å². The van der Waals surface area contributed by atoms with Gasteiger partial charge in [0.25, 0.3) is 0 Å². The van der Waals surface area contributed by atoms with Crippen molar-refractivity contribution in [3.05, 3.63) is 53.6 Å². The molecule has 0 heterocycles. The highest BCUT2D eigenvalue weighted by atomic mass is 35.5. The van der Waals surface area contributed by atoms with Gasteiger partial charge in [-0.15, -0.1) is 0 Å². The van der Waals surface area contributed by atoms with E-state index in [1.54, 1.807) is 0 Å². The fourth-order valence-corrected chi connectivity index (χ4v) is 2.50. The van der Waals surface area contributed by atoms with Crippen molar-refractivity contribution in [3.63, 3.8) is 0 Å². The number of hydrogen-bond donors (Lipinski definition) is 2. The molecule has 2 rings (SSSR count). The molecular formula is C19H25ClN3O-. The molecule has 0 unspecified atom stereocenters. The van der Waals surface area contributed by atoms with Crippen LogP contribution in [-0.4, -0.2) is 19.1 Å². The lowest BCUT2D eigenvalue weighted by Crippen LogP contribution is -3.00. The van der Waals surface area contributed by atoms with Gasteiger partial charge in [0.2, 0.25) is 0 Å². The number of hydrogen-bond acceptors (Lipinski definition) is 2. The monoisotopic (exact) mass is 346 g/mol. The van der Waals surface area contributed by atoms with Crippen LogP contribution in [0, 0.1) is 13.8 Å². The third kappa shape index (κ3) is 5.17. The van der Waals surface area contributed by atoms with Crippen LogP contribution < -0.4 is 27.9 Å². The first-order valence-electron chi connectivity index (χ1n) is 8.03. The summed E-state index contributed by atoms with van der Waals surface area (Å²) >= 11 is 0. The van der Waals surface area contributed by atoms with Crippen molar-refractivity contribution in [2.45, 2.75) is 27.7 Å². The van der Waals surface area contributed by atoms with E-state index in [4.69, 9.17) is 0 Å². The first-order valence-corrected chi connectivity index (χ1v) is 8.03. The maximum Gasteiger partial charge on any atom is 0.323 e. The van der Waals surface area contributed by atoms with Gasteiger partial charge in [-0.1, -0.05) is 17.7 Å². The molecule has 0 saturated carbocycles.